The van der Waals surface area contributed by atoms with Crippen molar-refractivity contribution in [1.82, 2.24) is 33.6 Å². The standard InChI is InChI=1S/C24H28N8O2/c1-15-8-17(19-11-30(2)14-27-19)25-9-18(15)28-22-26-10-20-21(29-22)32(23(33)31(20)3)16-4-6-24(7-5-16)12-34-13-24/h8-11,14,16H,4-7,12-13H2,1-3H3,(H,26,28,29). The molecular weight excluding hydrogens is 432 g/mol. The molecule has 1 aliphatic heterocycles. The second-order valence-corrected chi connectivity index (χ2v) is 9.77. The topological polar surface area (TPSA) is 105 Å². The van der Waals surface area contributed by atoms with E-state index in [1.165, 1.54) is 0 Å². The Hall–Kier alpha value is -3.53. The zero-order valence-corrected chi connectivity index (χ0v) is 19.7. The molecule has 0 aromatic carbocycles. The molecule has 1 aliphatic carbocycles. The lowest BCUT2D eigenvalue weighted by molar-refractivity contribution is -0.135. The second kappa shape index (κ2) is 7.76. The van der Waals surface area contributed by atoms with Gasteiger partial charge < -0.3 is 14.6 Å². The Morgan fingerprint density at radius 2 is 1.88 bits per heavy atom. The number of imidazole rings is 2. The van der Waals surface area contributed by atoms with Gasteiger partial charge in [-0.3, -0.25) is 14.1 Å². The Labute approximate surface area is 196 Å². The monoisotopic (exact) mass is 460 g/mol. The molecule has 1 N–H and O–H groups in total. The summed E-state index contributed by atoms with van der Waals surface area (Å²) in [4.78, 5) is 31.3. The third-order valence-corrected chi connectivity index (χ3v) is 7.35. The van der Waals surface area contributed by atoms with Crippen LogP contribution in [0.2, 0.25) is 0 Å². The van der Waals surface area contributed by atoms with E-state index in [1.54, 1.807) is 30.3 Å². The average Bonchev–Trinajstić information content (AvgIpc) is 3.35. The zero-order chi connectivity index (χ0) is 23.4. The highest BCUT2D eigenvalue weighted by molar-refractivity contribution is 5.73. The maximum atomic E-state index is 13.1. The summed E-state index contributed by atoms with van der Waals surface area (Å²) in [6.07, 6.45) is 11.3. The van der Waals surface area contributed by atoms with Crippen molar-refractivity contribution < 1.29 is 4.74 Å². The average molecular weight is 461 g/mol. The molecule has 1 saturated heterocycles. The minimum atomic E-state index is -0.0372. The van der Waals surface area contributed by atoms with Gasteiger partial charge in [0.1, 0.15) is 11.2 Å². The first-order chi connectivity index (χ1) is 16.4. The molecule has 1 saturated carbocycles. The first-order valence-corrected chi connectivity index (χ1v) is 11.7. The summed E-state index contributed by atoms with van der Waals surface area (Å²) >= 11 is 0. The number of aromatic nitrogens is 7. The predicted molar refractivity (Wildman–Crippen MR) is 128 cm³/mol. The van der Waals surface area contributed by atoms with Gasteiger partial charge in [0, 0.05) is 31.7 Å². The SMILES string of the molecule is Cc1cc(-c2cn(C)cn2)ncc1Nc1ncc2c(n1)n(C1CCC3(CC1)COC3)c(=O)n2C. The van der Waals surface area contributed by atoms with Gasteiger partial charge in [0.15, 0.2) is 5.65 Å². The summed E-state index contributed by atoms with van der Waals surface area (Å²) in [5.74, 6) is 0.446. The third-order valence-electron chi connectivity index (χ3n) is 7.35. The lowest BCUT2D eigenvalue weighted by Crippen LogP contribution is -2.46. The molecule has 10 nitrogen and oxygen atoms in total. The molecule has 0 unspecified atom stereocenters. The normalized spacial score (nSPS) is 17.9. The van der Waals surface area contributed by atoms with Crippen molar-refractivity contribution in [3.05, 3.63) is 47.0 Å². The number of rotatable bonds is 4. The van der Waals surface area contributed by atoms with Gasteiger partial charge >= 0.3 is 5.69 Å². The molecule has 0 atom stereocenters. The zero-order valence-electron chi connectivity index (χ0n) is 19.7. The Balaban J connectivity index is 1.30. The van der Waals surface area contributed by atoms with Gasteiger partial charge in [0.2, 0.25) is 5.95 Å². The fourth-order valence-electron chi connectivity index (χ4n) is 5.17. The van der Waals surface area contributed by atoms with Crippen LogP contribution >= 0.6 is 0 Å². The predicted octanol–water partition coefficient (Wildman–Crippen LogP) is 3.11. The number of hydrogen-bond donors (Lipinski definition) is 1. The quantitative estimate of drug-likeness (QED) is 0.499. The molecule has 2 fully saturated rings. The Morgan fingerprint density at radius 1 is 1.09 bits per heavy atom. The molecule has 1 spiro atoms. The number of ether oxygens (including phenoxy) is 1. The highest BCUT2D eigenvalue weighted by Gasteiger charge is 2.42. The molecular formula is C24H28N8O2. The molecule has 0 radical (unpaired) electrons. The highest BCUT2D eigenvalue weighted by atomic mass is 16.5. The molecule has 2 aliphatic rings. The lowest BCUT2D eigenvalue weighted by Gasteiger charge is -2.46. The molecule has 10 heteroatoms. The van der Waals surface area contributed by atoms with Crippen molar-refractivity contribution in [1.29, 1.82) is 0 Å². The Kier molecular flexibility index (Phi) is 4.80. The number of aryl methyl sites for hydroxylation is 3. The maximum Gasteiger partial charge on any atom is 0.330 e. The van der Waals surface area contributed by atoms with E-state index in [0.717, 1.165) is 67.1 Å². The second-order valence-electron chi connectivity index (χ2n) is 9.77. The van der Waals surface area contributed by atoms with Crippen LogP contribution in [-0.4, -0.2) is 46.9 Å². The van der Waals surface area contributed by atoms with Crippen molar-refractivity contribution in [2.24, 2.45) is 19.5 Å². The summed E-state index contributed by atoms with van der Waals surface area (Å²) in [6, 6.07) is 2.13. The summed E-state index contributed by atoms with van der Waals surface area (Å²) < 4.78 is 10.9. The van der Waals surface area contributed by atoms with Crippen molar-refractivity contribution >= 4 is 22.8 Å². The minimum Gasteiger partial charge on any atom is -0.380 e. The molecule has 0 bridgehead atoms. The van der Waals surface area contributed by atoms with Crippen LogP contribution in [0.1, 0.15) is 37.3 Å². The number of nitrogens with zero attached hydrogens (tertiary/aromatic N) is 7. The maximum absolute atomic E-state index is 13.1. The van der Waals surface area contributed by atoms with Crippen LogP contribution in [0.4, 0.5) is 11.6 Å². The lowest BCUT2D eigenvalue weighted by atomic mass is 9.71. The van der Waals surface area contributed by atoms with Crippen LogP contribution in [0.15, 0.2) is 35.8 Å². The Morgan fingerprint density at radius 3 is 2.53 bits per heavy atom. The first-order valence-electron chi connectivity index (χ1n) is 11.7. The van der Waals surface area contributed by atoms with Gasteiger partial charge in [0.05, 0.1) is 43.3 Å². The fourth-order valence-corrected chi connectivity index (χ4v) is 5.17. The Bertz CT molecular complexity index is 1440. The van der Waals surface area contributed by atoms with E-state index in [-0.39, 0.29) is 11.7 Å². The number of nitrogens with one attached hydrogen (secondary N) is 1. The van der Waals surface area contributed by atoms with E-state index in [9.17, 15) is 4.79 Å². The third kappa shape index (κ3) is 3.40. The van der Waals surface area contributed by atoms with Gasteiger partial charge in [0.25, 0.3) is 0 Å². The molecule has 0 amide bonds. The fraction of sp³-hybridized carbons (Fsp3) is 0.458. The van der Waals surface area contributed by atoms with Crippen LogP contribution in [0, 0.1) is 12.3 Å². The van der Waals surface area contributed by atoms with Gasteiger partial charge in [-0.1, -0.05) is 0 Å². The van der Waals surface area contributed by atoms with Gasteiger partial charge in [-0.05, 0) is 44.2 Å². The smallest absolute Gasteiger partial charge is 0.330 e. The summed E-state index contributed by atoms with van der Waals surface area (Å²) in [5.41, 5.74) is 5.16. The van der Waals surface area contributed by atoms with E-state index in [4.69, 9.17) is 9.72 Å². The van der Waals surface area contributed by atoms with E-state index in [0.29, 0.717) is 17.0 Å². The number of anilines is 2. The number of fused-ring (bicyclic) bond motifs is 1. The van der Waals surface area contributed by atoms with Crippen molar-refractivity contribution in [2.75, 3.05) is 18.5 Å². The van der Waals surface area contributed by atoms with Crippen LogP contribution in [-0.2, 0) is 18.8 Å². The van der Waals surface area contributed by atoms with E-state index < -0.39 is 0 Å². The molecule has 4 aromatic heterocycles. The molecule has 4 aromatic rings. The summed E-state index contributed by atoms with van der Waals surface area (Å²) in [5, 5.41) is 3.29. The van der Waals surface area contributed by atoms with Gasteiger partial charge in [-0.25, -0.2) is 14.8 Å². The van der Waals surface area contributed by atoms with Crippen LogP contribution < -0.4 is 11.0 Å². The molecule has 176 valence electrons. The van der Waals surface area contributed by atoms with Crippen molar-refractivity contribution in [2.45, 2.75) is 38.6 Å². The molecule has 5 heterocycles. The van der Waals surface area contributed by atoms with E-state index >= 15 is 0 Å². The summed E-state index contributed by atoms with van der Waals surface area (Å²) in [6.45, 7) is 3.72. The summed E-state index contributed by atoms with van der Waals surface area (Å²) in [7, 11) is 3.72. The van der Waals surface area contributed by atoms with E-state index in [2.05, 4.69) is 20.3 Å². The van der Waals surface area contributed by atoms with E-state index in [1.807, 2.05) is 35.4 Å². The van der Waals surface area contributed by atoms with Gasteiger partial charge in [-0.15, -0.1) is 0 Å². The van der Waals surface area contributed by atoms with Crippen LogP contribution in [0.5, 0.6) is 0 Å². The van der Waals surface area contributed by atoms with Crippen LogP contribution in [0.3, 0.4) is 0 Å². The first kappa shape index (κ1) is 21.0. The van der Waals surface area contributed by atoms with Gasteiger partial charge in [-0.2, -0.15) is 4.98 Å². The highest BCUT2D eigenvalue weighted by Crippen LogP contribution is 2.45. The minimum absolute atomic E-state index is 0.0372. The van der Waals surface area contributed by atoms with Crippen molar-refractivity contribution in [3.63, 3.8) is 0 Å². The molecule has 6 rings (SSSR count). The number of pyridine rings is 1. The van der Waals surface area contributed by atoms with Crippen LogP contribution in [0.25, 0.3) is 22.6 Å². The van der Waals surface area contributed by atoms with Crippen molar-refractivity contribution in [3.8, 4) is 11.4 Å². The molecule has 34 heavy (non-hydrogen) atoms. The largest absolute Gasteiger partial charge is 0.380 e. The number of hydrogen-bond acceptors (Lipinski definition) is 7.